The van der Waals surface area contributed by atoms with Crippen molar-refractivity contribution in [1.82, 2.24) is 14.6 Å². The molecule has 1 saturated carbocycles. The summed E-state index contributed by atoms with van der Waals surface area (Å²) in [7, 11) is 0.299. The largest absolute Gasteiger partial charge is 0.383 e. The summed E-state index contributed by atoms with van der Waals surface area (Å²) in [5.41, 5.74) is 5.58. The second kappa shape index (κ2) is 5.59. The number of nitrogen functional groups attached to an aromatic ring is 1. The van der Waals surface area contributed by atoms with Gasteiger partial charge in [0, 0.05) is 22.8 Å². The molecule has 0 atom stereocenters. The number of aromatic nitrogens is 1. The molecular weight excluding hydrogens is 344 g/mol. The molecule has 0 saturated heterocycles. The van der Waals surface area contributed by atoms with Gasteiger partial charge in [0.25, 0.3) is 0 Å². The van der Waals surface area contributed by atoms with E-state index in [4.69, 9.17) is 5.73 Å². The van der Waals surface area contributed by atoms with Crippen molar-refractivity contribution in [3.05, 3.63) is 16.7 Å². The van der Waals surface area contributed by atoms with Crippen molar-refractivity contribution in [2.75, 3.05) is 26.4 Å². The number of nitrogens with two attached hydrogens (primary N) is 1. The van der Waals surface area contributed by atoms with Gasteiger partial charge in [-0.25, -0.2) is 18.1 Å². The fourth-order valence-corrected chi connectivity index (χ4v) is 4.03. The first-order valence-corrected chi connectivity index (χ1v) is 8.63. The lowest BCUT2D eigenvalue weighted by atomic mass is 9.76. The van der Waals surface area contributed by atoms with Gasteiger partial charge in [0.15, 0.2) is 0 Å². The fourth-order valence-electron chi connectivity index (χ4n) is 2.32. The predicted octanol–water partition coefficient (Wildman–Crippen LogP) is 1.19. The molecule has 2 rings (SSSR count). The highest BCUT2D eigenvalue weighted by atomic mass is 79.9. The van der Waals surface area contributed by atoms with E-state index in [2.05, 4.69) is 30.5 Å². The smallest absolute Gasteiger partial charge is 0.244 e. The number of rotatable bonds is 5. The van der Waals surface area contributed by atoms with Gasteiger partial charge in [0.2, 0.25) is 10.0 Å². The van der Waals surface area contributed by atoms with Gasteiger partial charge in [-0.2, -0.15) is 0 Å². The Balaban J connectivity index is 2.17. The molecule has 1 aromatic rings. The number of nitrogens with zero attached hydrogens (tertiary/aromatic N) is 2. The van der Waals surface area contributed by atoms with Crippen molar-refractivity contribution >= 4 is 31.8 Å². The Bertz CT molecular complexity index is 599. The average molecular weight is 363 g/mol. The van der Waals surface area contributed by atoms with Crippen LogP contribution in [-0.4, -0.2) is 44.5 Å². The fraction of sp³-hybridized carbons (Fsp3) is 0.583. The number of nitrogens with one attached hydrogen (secondary N) is 1. The van der Waals surface area contributed by atoms with Crippen LogP contribution in [0.25, 0.3) is 0 Å². The van der Waals surface area contributed by atoms with E-state index in [-0.39, 0.29) is 16.3 Å². The van der Waals surface area contributed by atoms with Crippen molar-refractivity contribution in [2.24, 2.45) is 0 Å². The molecule has 112 valence electrons. The van der Waals surface area contributed by atoms with Crippen LogP contribution in [-0.2, 0) is 10.0 Å². The molecule has 0 bridgehead atoms. The third kappa shape index (κ3) is 2.98. The number of pyridine rings is 1. The van der Waals surface area contributed by atoms with Gasteiger partial charge >= 0.3 is 0 Å². The zero-order valence-electron chi connectivity index (χ0n) is 11.6. The summed E-state index contributed by atoms with van der Waals surface area (Å²) in [5, 5.41) is 0. The van der Waals surface area contributed by atoms with Crippen LogP contribution < -0.4 is 10.5 Å². The van der Waals surface area contributed by atoms with Gasteiger partial charge in [-0.15, -0.1) is 0 Å². The molecule has 1 aliphatic rings. The number of sulfonamides is 1. The quantitative estimate of drug-likeness (QED) is 0.821. The first kappa shape index (κ1) is 15.7. The summed E-state index contributed by atoms with van der Waals surface area (Å²) in [6.45, 7) is 0.383. The van der Waals surface area contributed by atoms with E-state index in [9.17, 15) is 8.42 Å². The minimum atomic E-state index is -3.65. The van der Waals surface area contributed by atoms with Crippen LogP contribution in [0.15, 0.2) is 21.6 Å². The van der Waals surface area contributed by atoms with Crippen molar-refractivity contribution in [1.29, 1.82) is 0 Å². The summed E-state index contributed by atoms with van der Waals surface area (Å²) in [6.07, 6.45) is 4.59. The van der Waals surface area contributed by atoms with E-state index in [0.717, 1.165) is 19.3 Å². The monoisotopic (exact) mass is 362 g/mol. The van der Waals surface area contributed by atoms with Crippen LogP contribution in [0.4, 0.5) is 5.82 Å². The zero-order valence-corrected chi connectivity index (χ0v) is 14.0. The van der Waals surface area contributed by atoms with E-state index in [1.54, 1.807) is 0 Å². The number of halogens is 1. The summed E-state index contributed by atoms with van der Waals surface area (Å²) in [5.74, 6) is 0.00760. The van der Waals surface area contributed by atoms with Crippen molar-refractivity contribution in [3.63, 3.8) is 0 Å². The standard InChI is InChI=1S/C12H19BrN4O2S/c1-17(2)12(4-3-5-12)8-16-20(18,19)10-6-9(13)7-15-11(10)14/h6-7,16H,3-5,8H2,1-2H3,(H2,14,15). The highest BCUT2D eigenvalue weighted by molar-refractivity contribution is 9.10. The van der Waals surface area contributed by atoms with Crippen LogP contribution in [0.3, 0.4) is 0 Å². The molecule has 6 nitrogen and oxygen atoms in total. The summed E-state index contributed by atoms with van der Waals surface area (Å²) < 4.78 is 27.9. The Morgan fingerprint density at radius 2 is 2.15 bits per heavy atom. The molecular formula is C12H19BrN4O2S. The van der Waals surface area contributed by atoms with Gasteiger partial charge < -0.3 is 10.6 Å². The molecule has 3 N–H and O–H groups in total. The molecule has 8 heteroatoms. The lowest BCUT2D eigenvalue weighted by molar-refractivity contribution is 0.0657. The Morgan fingerprint density at radius 3 is 2.65 bits per heavy atom. The normalized spacial score (nSPS) is 18.0. The van der Waals surface area contributed by atoms with E-state index >= 15 is 0 Å². The second-order valence-corrected chi connectivity index (χ2v) is 7.98. The maximum Gasteiger partial charge on any atom is 0.244 e. The Morgan fingerprint density at radius 1 is 1.50 bits per heavy atom. The van der Waals surface area contributed by atoms with Crippen molar-refractivity contribution in [3.8, 4) is 0 Å². The zero-order chi connectivity index (χ0) is 15.0. The minimum absolute atomic E-state index is 0.00760. The van der Waals surface area contributed by atoms with Crippen LogP contribution in [0.1, 0.15) is 19.3 Å². The molecule has 1 aromatic heterocycles. The average Bonchev–Trinajstić information content (AvgIpc) is 2.30. The summed E-state index contributed by atoms with van der Waals surface area (Å²) in [4.78, 5) is 5.96. The predicted molar refractivity (Wildman–Crippen MR) is 81.8 cm³/mol. The Labute approximate surface area is 127 Å². The molecule has 1 aliphatic carbocycles. The van der Waals surface area contributed by atoms with Crippen LogP contribution >= 0.6 is 15.9 Å². The lowest BCUT2D eigenvalue weighted by Crippen LogP contribution is -2.57. The molecule has 0 spiro atoms. The van der Waals surface area contributed by atoms with Gasteiger partial charge in [-0.3, -0.25) is 0 Å². The Hall–Kier alpha value is -0.700. The van der Waals surface area contributed by atoms with E-state index in [1.165, 1.54) is 12.3 Å². The topological polar surface area (TPSA) is 88.3 Å². The van der Waals surface area contributed by atoms with Crippen LogP contribution in [0, 0.1) is 0 Å². The first-order chi connectivity index (χ1) is 9.27. The lowest BCUT2D eigenvalue weighted by Gasteiger charge is -2.47. The van der Waals surface area contributed by atoms with E-state index in [0.29, 0.717) is 11.0 Å². The van der Waals surface area contributed by atoms with Gasteiger partial charge in [-0.1, -0.05) is 0 Å². The van der Waals surface area contributed by atoms with Gasteiger partial charge in [0.1, 0.15) is 10.7 Å². The number of likely N-dealkylation sites (N-methyl/N-ethyl adjacent to an activating group) is 1. The second-order valence-electron chi connectivity index (χ2n) is 5.33. The van der Waals surface area contributed by atoms with Gasteiger partial charge in [-0.05, 0) is 55.4 Å². The number of anilines is 1. The summed E-state index contributed by atoms with van der Waals surface area (Å²) >= 11 is 3.21. The minimum Gasteiger partial charge on any atom is -0.383 e. The molecule has 1 fully saturated rings. The Kier molecular flexibility index (Phi) is 4.38. The van der Waals surface area contributed by atoms with E-state index in [1.807, 2.05) is 14.1 Å². The maximum atomic E-state index is 12.3. The molecule has 0 aliphatic heterocycles. The third-order valence-electron chi connectivity index (χ3n) is 3.96. The SMILES string of the molecule is CN(C)C1(CNS(=O)(=O)c2cc(Br)cnc2N)CCC1. The highest BCUT2D eigenvalue weighted by Gasteiger charge is 2.40. The number of hydrogen-bond donors (Lipinski definition) is 2. The molecule has 20 heavy (non-hydrogen) atoms. The van der Waals surface area contributed by atoms with Crippen molar-refractivity contribution in [2.45, 2.75) is 29.7 Å². The third-order valence-corrected chi connectivity index (χ3v) is 5.83. The van der Waals surface area contributed by atoms with E-state index < -0.39 is 10.0 Å². The molecule has 0 amide bonds. The van der Waals surface area contributed by atoms with Crippen LogP contribution in [0.5, 0.6) is 0 Å². The molecule has 1 heterocycles. The molecule has 0 aromatic carbocycles. The summed E-state index contributed by atoms with van der Waals surface area (Å²) in [6, 6.07) is 1.47. The van der Waals surface area contributed by atoms with Gasteiger partial charge in [0.05, 0.1) is 0 Å². The first-order valence-electron chi connectivity index (χ1n) is 6.35. The van der Waals surface area contributed by atoms with Crippen molar-refractivity contribution < 1.29 is 8.42 Å². The number of hydrogen-bond acceptors (Lipinski definition) is 5. The molecule has 0 unspecified atom stereocenters. The molecule has 0 radical (unpaired) electrons. The van der Waals surface area contributed by atoms with Crippen LogP contribution in [0.2, 0.25) is 0 Å². The maximum absolute atomic E-state index is 12.3. The highest BCUT2D eigenvalue weighted by Crippen LogP contribution is 2.35.